The Morgan fingerprint density at radius 3 is 2.82 bits per heavy atom. The van der Waals surface area contributed by atoms with E-state index in [2.05, 4.69) is 15.9 Å². The molecule has 0 saturated carbocycles. The van der Waals surface area contributed by atoms with E-state index in [4.69, 9.17) is 5.11 Å². The summed E-state index contributed by atoms with van der Waals surface area (Å²) < 4.78 is 0.889. The highest BCUT2D eigenvalue weighted by atomic mass is 79.9. The maximum atomic E-state index is 10.6. The molecule has 0 fully saturated rings. The van der Waals surface area contributed by atoms with Gasteiger partial charge in [0.2, 0.25) is 0 Å². The van der Waals surface area contributed by atoms with Crippen molar-refractivity contribution in [2.45, 2.75) is 12.7 Å². The number of rotatable bonds is 2. The lowest BCUT2D eigenvalue weighted by Crippen LogP contribution is -1.92. The molecular weight excluding hydrogens is 228 g/mol. The van der Waals surface area contributed by atoms with Gasteiger partial charge >= 0.3 is 5.97 Å². The molecule has 1 aromatic rings. The van der Waals surface area contributed by atoms with Gasteiger partial charge in [0.05, 0.1) is 4.47 Å². The van der Waals surface area contributed by atoms with E-state index >= 15 is 0 Å². The van der Waals surface area contributed by atoms with Gasteiger partial charge in [0.25, 0.3) is 4.88 Å². The Balaban J connectivity index is 3.12. The van der Waals surface area contributed by atoms with Crippen LogP contribution in [0.5, 0.6) is 0 Å². The van der Waals surface area contributed by atoms with Crippen LogP contribution < -0.4 is 0 Å². The minimum atomic E-state index is -0.805. The third-order valence-corrected chi connectivity index (χ3v) is 4.11. The van der Waals surface area contributed by atoms with Crippen LogP contribution in [-0.2, 0) is 5.75 Å². The highest BCUT2D eigenvalue weighted by Gasteiger charge is 2.20. The second-order valence-corrected chi connectivity index (χ2v) is 5.06. The van der Waals surface area contributed by atoms with Crippen molar-refractivity contribution < 1.29 is 9.90 Å². The van der Waals surface area contributed by atoms with E-state index in [1.807, 2.05) is 12.3 Å². The summed E-state index contributed by atoms with van der Waals surface area (Å²) in [7, 11) is -0.180. The van der Waals surface area contributed by atoms with E-state index in [0.29, 0.717) is 4.88 Å². The number of aryl methyl sites for hydroxylation is 1. The molecule has 11 heavy (non-hydrogen) atoms. The van der Waals surface area contributed by atoms with Crippen LogP contribution in [0.2, 0.25) is 0 Å². The Morgan fingerprint density at radius 1 is 1.82 bits per heavy atom. The molecule has 0 aliphatic rings. The highest BCUT2D eigenvalue weighted by molar-refractivity contribution is 9.10. The van der Waals surface area contributed by atoms with Crippen molar-refractivity contribution in [2.75, 3.05) is 0 Å². The summed E-state index contributed by atoms with van der Waals surface area (Å²) in [6.45, 7) is 1.99. The molecule has 1 rings (SSSR count). The molecule has 1 heterocycles. The molecule has 0 aromatic carbocycles. The molecule has 0 amide bonds. The van der Waals surface area contributed by atoms with Crippen molar-refractivity contribution in [3.05, 3.63) is 20.8 Å². The Hall–Kier alpha value is -0.350. The van der Waals surface area contributed by atoms with Crippen LogP contribution in [0.15, 0.2) is 15.9 Å². The zero-order chi connectivity index (χ0) is 8.43. The van der Waals surface area contributed by atoms with Gasteiger partial charge in [0.1, 0.15) is 5.75 Å². The fraction of sp³-hybridized carbons (Fsp3) is 0.286. The molecule has 4 heteroatoms. The fourth-order valence-corrected chi connectivity index (χ4v) is 3.35. The predicted molar refractivity (Wildman–Crippen MR) is 49.3 cm³/mol. The molecule has 0 saturated heterocycles. The number of aromatic carboxylic acids is 1. The largest absolute Gasteiger partial charge is 0.474 e. The molecule has 0 aliphatic carbocycles. The van der Waals surface area contributed by atoms with E-state index in [9.17, 15) is 4.79 Å². The molecular formula is C7H8BrO2S+. The molecule has 0 spiro atoms. The van der Waals surface area contributed by atoms with Crippen LogP contribution in [0.1, 0.15) is 16.6 Å². The first-order chi connectivity index (χ1) is 5.15. The van der Waals surface area contributed by atoms with E-state index in [1.165, 1.54) is 0 Å². The van der Waals surface area contributed by atoms with Crippen LogP contribution in [0.25, 0.3) is 0 Å². The van der Waals surface area contributed by atoms with Gasteiger partial charge in [-0.15, -0.1) is 0 Å². The molecule has 0 radical (unpaired) electrons. The third-order valence-electron chi connectivity index (χ3n) is 1.33. The number of carboxylic acids is 1. The van der Waals surface area contributed by atoms with Crippen molar-refractivity contribution in [1.29, 1.82) is 0 Å². The number of carbonyl (C=O) groups is 1. The molecule has 1 unspecified atom stereocenters. The van der Waals surface area contributed by atoms with E-state index in [0.717, 1.165) is 10.2 Å². The summed E-state index contributed by atoms with van der Waals surface area (Å²) in [4.78, 5) is 11.1. The number of hydrogen-bond donors (Lipinski definition) is 1. The zero-order valence-electron chi connectivity index (χ0n) is 6.00. The summed E-state index contributed by atoms with van der Waals surface area (Å²) in [6, 6.07) is 1.68. The summed E-state index contributed by atoms with van der Waals surface area (Å²) in [5.41, 5.74) is 0. The minimum absolute atomic E-state index is 0.180. The number of halogens is 1. The SMILES string of the molecule is CC[s+]1cc(Br)cc1C(=O)O. The van der Waals surface area contributed by atoms with Crippen LogP contribution in [0.3, 0.4) is 0 Å². The second kappa shape index (κ2) is 3.36. The van der Waals surface area contributed by atoms with Crippen molar-refractivity contribution in [3.63, 3.8) is 0 Å². The minimum Gasteiger partial charge on any atom is -0.474 e. The van der Waals surface area contributed by atoms with Crippen molar-refractivity contribution in [2.24, 2.45) is 0 Å². The summed E-state index contributed by atoms with van der Waals surface area (Å²) in [5.74, 6) is 0.0635. The van der Waals surface area contributed by atoms with Crippen LogP contribution in [0, 0.1) is 0 Å². The molecule has 1 N–H and O–H groups in total. The summed E-state index contributed by atoms with van der Waals surface area (Å²) in [6.07, 6.45) is 0. The van der Waals surface area contributed by atoms with Crippen LogP contribution in [-0.4, -0.2) is 11.1 Å². The quantitative estimate of drug-likeness (QED) is 0.801. The monoisotopic (exact) mass is 235 g/mol. The summed E-state index contributed by atoms with van der Waals surface area (Å²) in [5, 5.41) is 10.7. The van der Waals surface area contributed by atoms with Gasteiger partial charge in [0.15, 0.2) is 5.38 Å². The predicted octanol–water partition coefficient (Wildman–Crippen LogP) is 2.92. The van der Waals surface area contributed by atoms with Gasteiger partial charge in [-0.1, -0.05) is 0 Å². The first-order valence-electron chi connectivity index (χ1n) is 3.17. The maximum Gasteiger partial charge on any atom is 0.389 e. The maximum absolute atomic E-state index is 10.6. The van der Waals surface area contributed by atoms with E-state index in [-0.39, 0.29) is 10.5 Å². The molecule has 60 valence electrons. The van der Waals surface area contributed by atoms with Crippen LogP contribution in [0.4, 0.5) is 0 Å². The van der Waals surface area contributed by atoms with Gasteiger partial charge < -0.3 is 5.11 Å². The normalized spacial score (nSPS) is 11.6. The fourth-order valence-electron chi connectivity index (χ4n) is 0.847. The summed E-state index contributed by atoms with van der Waals surface area (Å²) >= 11 is 3.26. The van der Waals surface area contributed by atoms with Crippen LogP contribution >= 0.6 is 26.4 Å². The lowest BCUT2D eigenvalue weighted by Gasteiger charge is -1.83. The average molecular weight is 236 g/mol. The molecule has 0 bridgehead atoms. The Kier molecular flexibility index (Phi) is 2.67. The van der Waals surface area contributed by atoms with Crippen molar-refractivity contribution in [3.8, 4) is 0 Å². The van der Waals surface area contributed by atoms with E-state index in [1.54, 1.807) is 6.07 Å². The Morgan fingerprint density at radius 2 is 2.45 bits per heavy atom. The first kappa shape index (κ1) is 8.74. The molecule has 2 nitrogen and oxygen atoms in total. The Labute approximate surface area is 76.0 Å². The highest BCUT2D eigenvalue weighted by Crippen LogP contribution is 2.31. The number of thiophene rings is 1. The number of carboxylic acid groups (broad SMARTS) is 1. The lowest BCUT2D eigenvalue weighted by atomic mass is 10.5. The van der Waals surface area contributed by atoms with Crippen molar-refractivity contribution >= 4 is 32.4 Å². The van der Waals surface area contributed by atoms with Crippen molar-refractivity contribution in [1.82, 2.24) is 0 Å². The van der Waals surface area contributed by atoms with Gasteiger partial charge in [-0.05, 0) is 33.3 Å². The second-order valence-electron chi connectivity index (χ2n) is 2.03. The molecule has 1 aromatic heterocycles. The standard InChI is InChI=1S/C7H7BrO2S/c1-2-11-4-5(8)3-6(11)7(9)10/h3-4H,2H2,1H3/p+1. The van der Waals surface area contributed by atoms with Gasteiger partial charge in [0, 0.05) is 6.07 Å². The third kappa shape index (κ3) is 1.81. The van der Waals surface area contributed by atoms with Gasteiger partial charge in [-0.2, -0.15) is 0 Å². The Bertz CT molecular complexity index is 280. The van der Waals surface area contributed by atoms with Gasteiger partial charge in [-0.25, -0.2) is 4.79 Å². The zero-order valence-corrected chi connectivity index (χ0v) is 8.41. The molecule has 0 aliphatic heterocycles. The first-order valence-corrected chi connectivity index (χ1v) is 5.42. The lowest BCUT2D eigenvalue weighted by molar-refractivity contribution is 0.0702. The van der Waals surface area contributed by atoms with Gasteiger partial charge in [-0.3, -0.25) is 0 Å². The smallest absolute Gasteiger partial charge is 0.389 e. The number of hydrogen-bond acceptors (Lipinski definition) is 1. The topological polar surface area (TPSA) is 37.3 Å². The average Bonchev–Trinajstić information content (AvgIpc) is 2.30. The molecule has 1 atom stereocenters. The van der Waals surface area contributed by atoms with E-state index < -0.39 is 5.97 Å².